The lowest BCUT2D eigenvalue weighted by Crippen LogP contribution is -2.16. The first-order valence-corrected chi connectivity index (χ1v) is 8.07. The Kier molecular flexibility index (Phi) is 4.58. The number of aromatic hydroxyl groups is 1. The summed E-state index contributed by atoms with van der Waals surface area (Å²) < 4.78 is 5.46. The standard InChI is InChI=1S/C18H23O2P/c1-12-8-6-10-14(20-5)17(12)21-15-11-7-9-13(16(15)19)18(2,3)4/h6-11,19,21H,1-5H3. The SMILES string of the molecule is COc1cccc(C)c1Pc1cccc(C(C)(C)C)c1O. The number of benzene rings is 2. The zero-order valence-electron chi connectivity index (χ0n) is 13.3. The summed E-state index contributed by atoms with van der Waals surface area (Å²) >= 11 is 0. The average molecular weight is 302 g/mol. The fourth-order valence-electron chi connectivity index (χ4n) is 2.36. The van der Waals surface area contributed by atoms with Gasteiger partial charge in [0.1, 0.15) is 11.5 Å². The molecule has 2 rings (SSSR count). The van der Waals surface area contributed by atoms with Crippen molar-refractivity contribution in [1.82, 2.24) is 0 Å². The van der Waals surface area contributed by atoms with Gasteiger partial charge in [-0.15, -0.1) is 0 Å². The molecule has 1 atom stereocenters. The number of aryl methyl sites for hydroxylation is 1. The minimum Gasteiger partial charge on any atom is -0.507 e. The summed E-state index contributed by atoms with van der Waals surface area (Å²) in [4.78, 5) is 0. The van der Waals surface area contributed by atoms with E-state index in [-0.39, 0.29) is 5.41 Å². The monoisotopic (exact) mass is 302 g/mol. The van der Waals surface area contributed by atoms with Crippen molar-refractivity contribution in [2.24, 2.45) is 0 Å². The van der Waals surface area contributed by atoms with E-state index in [9.17, 15) is 5.11 Å². The third-order valence-corrected chi connectivity index (χ3v) is 5.12. The summed E-state index contributed by atoms with van der Waals surface area (Å²) in [5, 5.41) is 12.7. The van der Waals surface area contributed by atoms with Crippen LogP contribution in [-0.2, 0) is 5.41 Å². The van der Waals surface area contributed by atoms with Crippen LogP contribution < -0.4 is 15.3 Å². The van der Waals surface area contributed by atoms with Gasteiger partial charge < -0.3 is 9.84 Å². The topological polar surface area (TPSA) is 29.5 Å². The third-order valence-electron chi connectivity index (χ3n) is 3.56. The lowest BCUT2D eigenvalue weighted by Gasteiger charge is -2.22. The predicted molar refractivity (Wildman–Crippen MR) is 92.1 cm³/mol. The van der Waals surface area contributed by atoms with Crippen molar-refractivity contribution in [1.29, 1.82) is 0 Å². The fourth-order valence-corrected chi connectivity index (χ4v) is 3.65. The Balaban J connectivity index is 2.46. The summed E-state index contributed by atoms with van der Waals surface area (Å²) in [5.74, 6) is 1.29. The van der Waals surface area contributed by atoms with Crippen LogP contribution in [0.5, 0.6) is 11.5 Å². The van der Waals surface area contributed by atoms with Gasteiger partial charge in [0.2, 0.25) is 0 Å². The molecule has 1 unspecified atom stereocenters. The van der Waals surface area contributed by atoms with Crippen LogP contribution >= 0.6 is 8.58 Å². The van der Waals surface area contributed by atoms with Gasteiger partial charge in [-0.1, -0.05) is 59.7 Å². The summed E-state index contributed by atoms with van der Waals surface area (Å²) in [7, 11) is 2.07. The van der Waals surface area contributed by atoms with E-state index in [1.165, 1.54) is 5.56 Å². The first-order chi connectivity index (χ1) is 9.84. The largest absolute Gasteiger partial charge is 0.507 e. The fraction of sp³-hybridized carbons (Fsp3) is 0.333. The van der Waals surface area contributed by atoms with Crippen LogP contribution in [0.4, 0.5) is 0 Å². The number of methoxy groups -OCH3 is 1. The highest BCUT2D eigenvalue weighted by Gasteiger charge is 2.20. The number of rotatable bonds is 3. The maximum atomic E-state index is 10.6. The number of hydrogen-bond acceptors (Lipinski definition) is 2. The molecule has 0 aromatic heterocycles. The lowest BCUT2D eigenvalue weighted by atomic mass is 9.86. The van der Waals surface area contributed by atoms with Crippen molar-refractivity contribution in [3.8, 4) is 11.5 Å². The van der Waals surface area contributed by atoms with Gasteiger partial charge in [0.05, 0.1) is 7.11 Å². The Morgan fingerprint density at radius 2 is 1.71 bits per heavy atom. The van der Waals surface area contributed by atoms with E-state index < -0.39 is 0 Å². The molecule has 0 aliphatic carbocycles. The molecule has 0 fully saturated rings. The van der Waals surface area contributed by atoms with Crippen molar-refractivity contribution < 1.29 is 9.84 Å². The quantitative estimate of drug-likeness (QED) is 0.877. The molecule has 0 heterocycles. The van der Waals surface area contributed by atoms with Crippen molar-refractivity contribution in [2.75, 3.05) is 7.11 Å². The zero-order chi connectivity index (χ0) is 15.6. The van der Waals surface area contributed by atoms with Crippen LogP contribution in [0.1, 0.15) is 31.9 Å². The second-order valence-corrected chi connectivity index (χ2v) is 7.52. The predicted octanol–water partition coefficient (Wildman–Crippen LogP) is 3.64. The van der Waals surface area contributed by atoms with Crippen LogP contribution in [-0.4, -0.2) is 12.2 Å². The summed E-state index contributed by atoms with van der Waals surface area (Å²) in [6.45, 7) is 8.42. The Morgan fingerprint density at radius 3 is 2.33 bits per heavy atom. The molecule has 0 bridgehead atoms. The van der Waals surface area contributed by atoms with Crippen LogP contribution in [0.2, 0.25) is 0 Å². The second-order valence-electron chi connectivity index (χ2n) is 6.23. The van der Waals surface area contributed by atoms with Crippen LogP contribution in [0.3, 0.4) is 0 Å². The van der Waals surface area contributed by atoms with Gasteiger partial charge in [-0.3, -0.25) is 0 Å². The number of phenolic OH excluding ortho intramolecular Hbond substituents is 1. The van der Waals surface area contributed by atoms with Gasteiger partial charge in [0.25, 0.3) is 0 Å². The molecule has 0 radical (unpaired) electrons. The van der Waals surface area contributed by atoms with E-state index >= 15 is 0 Å². The molecule has 0 spiro atoms. The van der Waals surface area contributed by atoms with Crippen molar-refractivity contribution >= 4 is 19.2 Å². The number of para-hydroxylation sites is 1. The first-order valence-electron chi connectivity index (χ1n) is 7.07. The van der Waals surface area contributed by atoms with Crippen molar-refractivity contribution in [2.45, 2.75) is 33.1 Å². The molecule has 2 nitrogen and oxygen atoms in total. The second kappa shape index (κ2) is 6.07. The molecule has 0 aliphatic rings. The molecule has 0 aliphatic heterocycles. The normalized spacial score (nSPS) is 12.0. The lowest BCUT2D eigenvalue weighted by molar-refractivity contribution is 0.418. The third kappa shape index (κ3) is 3.39. The minimum atomic E-state index is -0.0691. The van der Waals surface area contributed by atoms with Gasteiger partial charge in [-0.25, -0.2) is 0 Å². The highest BCUT2D eigenvalue weighted by Crippen LogP contribution is 2.33. The van der Waals surface area contributed by atoms with Crippen LogP contribution in [0.25, 0.3) is 0 Å². The number of ether oxygens (including phenoxy) is 1. The van der Waals surface area contributed by atoms with Gasteiger partial charge in [-0.05, 0) is 29.5 Å². The Morgan fingerprint density at radius 1 is 1.05 bits per heavy atom. The molecule has 112 valence electrons. The molecule has 0 amide bonds. The van der Waals surface area contributed by atoms with E-state index in [0.29, 0.717) is 14.3 Å². The van der Waals surface area contributed by atoms with Gasteiger partial charge in [0, 0.05) is 10.6 Å². The Labute approximate surface area is 129 Å². The van der Waals surface area contributed by atoms with Crippen LogP contribution in [0, 0.1) is 6.92 Å². The number of hydrogen-bond donors (Lipinski definition) is 1. The minimum absolute atomic E-state index is 0.0691. The number of phenols is 1. The Bertz CT molecular complexity index is 642. The molecule has 3 heteroatoms. The molecule has 0 saturated heterocycles. The van der Waals surface area contributed by atoms with E-state index in [4.69, 9.17) is 4.74 Å². The van der Waals surface area contributed by atoms with Gasteiger partial charge >= 0.3 is 0 Å². The molecule has 0 saturated carbocycles. The highest BCUT2D eigenvalue weighted by atomic mass is 31.1. The van der Waals surface area contributed by atoms with E-state index in [1.807, 2.05) is 30.3 Å². The maximum absolute atomic E-state index is 10.6. The smallest absolute Gasteiger partial charge is 0.127 e. The molecule has 21 heavy (non-hydrogen) atoms. The molecular weight excluding hydrogens is 279 g/mol. The summed E-state index contributed by atoms with van der Waals surface area (Å²) in [5.41, 5.74) is 2.11. The first kappa shape index (κ1) is 15.9. The summed E-state index contributed by atoms with van der Waals surface area (Å²) in [6, 6.07) is 12.1. The van der Waals surface area contributed by atoms with Gasteiger partial charge in [0.15, 0.2) is 0 Å². The zero-order valence-corrected chi connectivity index (χ0v) is 14.3. The molecule has 2 aromatic carbocycles. The van der Waals surface area contributed by atoms with Crippen LogP contribution in [0.15, 0.2) is 36.4 Å². The van der Waals surface area contributed by atoms with E-state index in [2.05, 4.69) is 33.8 Å². The molecule has 1 N–H and O–H groups in total. The Hall–Kier alpha value is -1.53. The molecular formula is C18H23O2P. The van der Waals surface area contributed by atoms with Crippen molar-refractivity contribution in [3.63, 3.8) is 0 Å². The van der Waals surface area contributed by atoms with Crippen molar-refractivity contribution in [3.05, 3.63) is 47.5 Å². The van der Waals surface area contributed by atoms with Gasteiger partial charge in [-0.2, -0.15) is 0 Å². The van der Waals surface area contributed by atoms with E-state index in [0.717, 1.165) is 21.9 Å². The summed E-state index contributed by atoms with van der Waals surface area (Å²) in [6.07, 6.45) is 0. The molecule has 2 aromatic rings. The average Bonchev–Trinajstić information content (AvgIpc) is 2.41. The maximum Gasteiger partial charge on any atom is 0.127 e. The highest BCUT2D eigenvalue weighted by molar-refractivity contribution is 7.56. The van der Waals surface area contributed by atoms with E-state index in [1.54, 1.807) is 7.11 Å².